The zero-order chi connectivity index (χ0) is 22.2. The average molecular weight is 451 g/mol. The van der Waals surface area contributed by atoms with Crippen molar-refractivity contribution >= 4 is 28.5 Å². The van der Waals surface area contributed by atoms with Gasteiger partial charge in [-0.2, -0.15) is 0 Å². The Morgan fingerprint density at radius 2 is 2.19 bits per heavy atom. The number of hydrogen-bond donors (Lipinski definition) is 2. The predicted molar refractivity (Wildman–Crippen MR) is 111 cm³/mol. The summed E-state index contributed by atoms with van der Waals surface area (Å²) in [7, 11) is 0. The largest absolute Gasteiger partial charge is 0.379 e. The third kappa shape index (κ3) is 3.99. The van der Waals surface area contributed by atoms with Gasteiger partial charge in [-0.1, -0.05) is 18.7 Å². The smallest absolute Gasteiger partial charge is 0.281 e. The number of amidine groups is 1. The van der Waals surface area contributed by atoms with E-state index >= 15 is 0 Å². The third-order valence-electron chi connectivity index (χ3n) is 5.52. The summed E-state index contributed by atoms with van der Waals surface area (Å²) in [6.45, 7) is 2.19. The number of nitrogens with two attached hydrogens (primary N) is 1. The average Bonchev–Trinajstić information content (AvgIpc) is 3.13. The van der Waals surface area contributed by atoms with Crippen LogP contribution in [0.2, 0.25) is 0 Å². The van der Waals surface area contributed by atoms with Crippen LogP contribution >= 0.6 is 11.8 Å². The Hall–Kier alpha value is -2.66. The molecule has 0 saturated carbocycles. The van der Waals surface area contributed by atoms with Crippen LogP contribution < -0.4 is 11.1 Å². The highest BCUT2D eigenvalue weighted by Gasteiger charge is 2.53. The van der Waals surface area contributed by atoms with Crippen molar-refractivity contribution in [1.82, 2.24) is 9.97 Å². The molecule has 0 spiro atoms. The van der Waals surface area contributed by atoms with Crippen LogP contribution in [0.3, 0.4) is 0 Å². The van der Waals surface area contributed by atoms with E-state index in [1.54, 1.807) is 0 Å². The number of fused-ring (bicyclic) bond motifs is 1. The number of halogens is 3. The first kappa shape index (κ1) is 21.6. The molecular weight excluding hydrogens is 431 g/mol. The molecule has 1 aromatic heterocycles. The van der Waals surface area contributed by atoms with Gasteiger partial charge in [0.05, 0.1) is 25.1 Å². The Morgan fingerprint density at radius 1 is 1.39 bits per heavy atom. The highest BCUT2D eigenvalue weighted by Crippen LogP contribution is 2.49. The van der Waals surface area contributed by atoms with E-state index < -0.39 is 29.4 Å². The van der Waals surface area contributed by atoms with Gasteiger partial charge in [0.1, 0.15) is 22.7 Å². The van der Waals surface area contributed by atoms with Gasteiger partial charge in [-0.3, -0.25) is 9.78 Å². The maximum Gasteiger partial charge on any atom is 0.281 e. The molecule has 11 heteroatoms. The number of amides is 1. The van der Waals surface area contributed by atoms with E-state index in [1.165, 1.54) is 30.0 Å². The lowest BCUT2D eigenvalue weighted by molar-refractivity contribution is 0.0904. The third-order valence-corrected chi connectivity index (χ3v) is 6.43. The van der Waals surface area contributed by atoms with Gasteiger partial charge < -0.3 is 15.8 Å². The lowest BCUT2D eigenvalue weighted by Crippen LogP contribution is -2.42. The van der Waals surface area contributed by atoms with Gasteiger partial charge in [0, 0.05) is 22.9 Å². The second-order valence-corrected chi connectivity index (χ2v) is 8.37. The molecule has 0 bridgehead atoms. The lowest BCUT2D eigenvalue weighted by Gasteiger charge is -2.36. The standard InChI is InChI=1S/C20H20F3N5O2S/c1-2-16-12-8-31-19(24)28-20(12,9-30-16)11-5-10(3-4-13(11)21)27-18(29)15-7-25-14(6-26-15)17(22)23/h3-7,12,16-17H,2,8-9H2,1H3,(H2,24,28)(H,27,29). The molecule has 2 aromatic rings. The Kier molecular flexibility index (Phi) is 5.89. The molecule has 2 aliphatic heterocycles. The highest BCUT2D eigenvalue weighted by molar-refractivity contribution is 8.13. The lowest BCUT2D eigenvalue weighted by atomic mass is 9.78. The Morgan fingerprint density at radius 3 is 2.87 bits per heavy atom. The number of aromatic nitrogens is 2. The van der Waals surface area contributed by atoms with Crippen molar-refractivity contribution in [2.24, 2.45) is 16.6 Å². The Balaban J connectivity index is 1.64. The van der Waals surface area contributed by atoms with Crippen molar-refractivity contribution in [1.29, 1.82) is 0 Å². The molecule has 164 valence electrons. The topological polar surface area (TPSA) is 102 Å². The number of alkyl halides is 2. The molecule has 0 aliphatic carbocycles. The fourth-order valence-corrected chi connectivity index (χ4v) is 5.04. The molecule has 3 heterocycles. The summed E-state index contributed by atoms with van der Waals surface area (Å²) in [5.41, 5.74) is 4.93. The van der Waals surface area contributed by atoms with Crippen LogP contribution in [0.4, 0.5) is 18.9 Å². The molecule has 0 radical (unpaired) electrons. The fraction of sp³-hybridized carbons (Fsp3) is 0.400. The molecule has 31 heavy (non-hydrogen) atoms. The number of thioether (sulfide) groups is 1. The van der Waals surface area contributed by atoms with E-state index in [-0.39, 0.29) is 29.9 Å². The number of benzene rings is 1. The number of carbonyl (C=O) groups is 1. The molecule has 3 N–H and O–H groups in total. The Bertz CT molecular complexity index is 1020. The molecule has 1 fully saturated rings. The molecule has 1 amide bonds. The molecule has 3 unspecified atom stereocenters. The minimum atomic E-state index is -2.78. The maximum absolute atomic E-state index is 14.9. The number of rotatable bonds is 5. The van der Waals surface area contributed by atoms with Gasteiger partial charge in [0.25, 0.3) is 12.3 Å². The van der Waals surface area contributed by atoms with Crippen LogP contribution in [0.5, 0.6) is 0 Å². The number of aliphatic imine (C=N–C) groups is 1. The highest BCUT2D eigenvalue weighted by atomic mass is 32.2. The number of nitrogens with zero attached hydrogens (tertiary/aromatic N) is 3. The first-order valence-corrected chi connectivity index (χ1v) is 10.6. The number of hydrogen-bond acceptors (Lipinski definition) is 7. The van der Waals surface area contributed by atoms with E-state index in [2.05, 4.69) is 20.3 Å². The molecule has 3 atom stereocenters. The van der Waals surface area contributed by atoms with E-state index in [9.17, 15) is 18.0 Å². The SMILES string of the molecule is CCC1OCC2(c3cc(NC(=O)c4cnc(C(F)F)cn4)ccc3F)N=C(N)SCC12. The van der Waals surface area contributed by atoms with E-state index in [1.807, 2.05) is 6.92 Å². The molecular formula is C20H20F3N5O2S. The van der Waals surface area contributed by atoms with Crippen molar-refractivity contribution < 1.29 is 22.7 Å². The molecule has 7 nitrogen and oxygen atoms in total. The van der Waals surface area contributed by atoms with Crippen LogP contribution in [-0.4, -0.2) is 39.5 Å². The first-order valence-electron chi connectivity index (χ1n) is 9.65. The number of nitrogens with one attached hydrogen (secondary N) is 1. The van der Waals surface area contributed by atoms with Crippen LogP contribution in [0.15, 0.2) is 35.6 Å². The minimum Gasteiger partial charge on any atom is -0.379 e. The second-order valence-electron chi connectivity index (χ2n) is 7.33. The van der Waals surface area contributed by atoms with Gasteiger partial charge in [0.2, 0.25) is 0 Å². The van der Waals surface area contributed by atoms with Crippen molar-refractivity contribution in [2.45, 2.75) is 31.4 Å². The monoisotopic (exact) mass is 451 g/mol. The normalized spacial score (nSPS) is 25.3. The zero-order valence-corrected chi connectivity index (χ0v) is 17.3. The number of anilines is 1. The minimum absolute atomic E-state index is 0.0667. The maximum atomic E-state index is 14.9. The summed E-state index contributed by atoms with van der Waals surface area (Å²) >= 11 is 1.41. The van der Waals surface area contributed by atoms with Crippen LogP contribution in [-0.2, 0) is 10.3 Å². The molecule has 1 aromatic carbocycles. The van der Waals surface area contributed by atoms with E-state index in [0.717, 1.165) is 18.8 Å². The van der Waals surface area contributed by atoms with Gasteiger partial charge in [-0.25, -0.2) is 23.1 Å². The fourth-order valence-electron chi connectivity index (χ4n) is 3.97. The van der Waals surface area contributed by atoms with Crippen molar-refractivity contribution in [2.75, 3.05) is 17.7 Å². The Labute approximate surface area is 180 Å². The summed E-state index contributed by atoms with van der Waals surface area (Å²) in [4.78, 5) is 24.3. The van der Waals surface area contributed by atoms with Crippen LogP contribution in [0.25, 0.3) is 0 Å². The second kappa shape index (κ2) is 8.46. The van der Waals surface area contributed by atoms with Crippen molar-refractivity contribution in [3.05, 3.63) is 53.4 Å². The van der Waals surface area contributed by atoms with E-state index in [0.29, 0.717) is 16.6 Å². The van der Waals surface area contributed by atoms with Gasteiger partial charge in [0.15, 0.2) is 5.17 Å². The summed E-state index contributed by atoms with van der Waals surface area (Å²) < 4.78 is 46.1. The zero-order valence-electron chi connectivity index (χ0n) is 16.5. The van der Waals surface area contributed by atoms with Crippen LogP contribution in [0.1, 0.15) is 41.5 Å². The molecule has 2 aliphatic rings. The van der Waals surface area contributed by atoms with Gasteiger partial charge in [-0.05, 0) is 24.6 Å². The van der Waals surface area contributed by atoms with Gasteiger partial charge in [-0.15, -0.1) is 0 Å². The summed E-state index contributed by atoms with van der Waals surface area (Å²) in [6, 6.07) is 4.16. The van der Waals surface area contributed by atoms with Crippen molar-refractivity contribution in [3.8, 4) is 0 Å². The summed E-state index contributed by atoms with van der Waals surface area (Å²) in [5.74, 6) is -0.553. The van der Waals surface area contributed by atoms with Crippen molar-refractivity contribution in [3.63, 3.8) is 0 Å². The summed E-state index contributed by atoms with van der Waals surface area (Å²) in [5, 5.41) is 2.97. The molecule has 1 saturated heterocycles. The number of carbonyl (C=O) groups excluding carboxylic acids is 1. The van der Waals surface area contributed by atoms with E-state index in [4.69, 9.17) is 10.5 Å². The quantitative estimate of drug-likeness (QED) is 0.722. The number of ether oxygens (including phenoxy) is 1. The predicted octanol–water partition coefficient (Wildman–Crippen LogP) is 3.49. The van der Waals surface area contributed by atoms with Gasteiger partial charge >= 0.3 is 0 Å². The summed E-state index contributed by atoms with van der Waals surface area (Å²) in [6.07, 6.45) is -0.287. The molecule has 4 rings (SSSR count). The van der Waals surface area contributed by atoms with Crippen LogP contribution in [0, 0.1) is 11.7 Å². The first-order chi connectivity index (χ1) is 14.8.